The topological polar surface area (TPSA) is 76.1 Å². The van der Waals surface area contributed by atoms with Crippen LogP contribution < -0.4 is 4.74 Å². The van der Waals surface area contributed by atoms with Gasteiger partial charge in [-0.1, -0.05) is 11.6 Å². The molecule has 142 valence electrons. The van der Waals surface area contributed by atoms with E-state index in [-0.39, 0.29) is 27.9 Å². The molecule has 2 aliphatic rings. The molecule has 0 atom stereocenters. The minimum atomic E-state index is -0.914. The van der Waals surface area contributed by atoms with Gasteiger partial charge in [0.25, 0.3) is 0 Å². The van der Waals surface area contributed by atoms with Crippen LogP contribution in [0.25, 0.3) is 0 Å². The van der Waals surface area contributed by atoms with E-state index < -0.39 is 23.5 Å². The van der Waals surface area contributed by atoms with Crippen LogP contribution in [0.4, 0.5) is 9.18 Å². The first-order chi connectivity index (χ1) is 12.0. The molecule has 1 saturated heterocycles. The Bertz CT molecular complexity index is 747. The molecule has 1 aliphatic heterocycles. The van der Waals surface area contributed by atoms with E-state index in [4.69, 9.17) is 26.2 Å². The number of halogens is 2. The van der Waals surface area contributed by atoms with Crippen molar-refractivity contribution >= 4 is 23.7 Å². The van der Waals surface area contributed by atoms with Crippen LogP contribution in [0.3, 0.4) is 0 Å². The number of carbonyl (C=O) groups is 2. The van der Waals surface area contributed by atoms with E-state index in [2.05, 4.69) is 0 Å². The van der Waals surface area contributed by atoms with E-state index in [9.17, 15) is 14.0 Å². The van der Waals surface area contributed by atoms with Gasteiger partial charge >= 0.3 is 12.1 Å². The molecule has 8 heteroatoms. The Hall–Kier alpha value is -2.02. The van der Waals surface area contributed by atoms with Crippen LogP contribution in [0.1, 0.15) is 44.0 Å². The van der Waals surface area contributed by atoms with Gasteiger partial charge in [-0.25, -0.2) is 14.0 Å². The van der Waals surface area contributed by atoms with Crippen molar-refractivity contribution in [1.82, 2.24) is 4.90 Å². The lowest BCUT2D eigenvalue weighted by Gasteiger charge is -2.57. The maximum absolute atomic E-state index is 14.3. The zero-order valence-corrected chi connectivity index (χ0v) is 15.6. The van der Waals surface area contributed by atoms with Crippen LogP contribution in [0.15, 0.2) is 12.1 Å². The van der Waals surface area contributed by atoms with E-state index in [0.717, 1.165) is 6.07 Å². The Labute approximate surface area is 155 Å². The minimum Gasteiger partial charge on any atom is -0.489 e. The number of ether oxygens (including phenoxy) is 2. The molecule has 1 amide bonds. The number of benzene rings is 1. The number of hydrogen-bond donors (Lipinski definition) is 1. The van der Waals surface area contributed by atoms with Gasteiger partial charge in [0.05, 0.1) is 10.6 Å². The van der Waals surface area contributed by atoms with Gasteiger partial charge in [0, 0.05) is 24.6 Å². The van der Waals surface area contributed by atoms with Gasteiger partial charge in [-0.3, -0.25) is 0 Å². The first kappa shape index (κ1) is 18.8. The molecule has 0 bridgehead atoms. The Morgan fingerprint density at radius 2 is 1.92 bits per heavy atom. The molecule has 1 aromatic carbocycles. The third kappa shape index (κ3) is 3.72. The van der Waals surface area contributed by atoms with E-state index in [0.29, 0.717) is 25.9 Å². The van der Waals surface area contributed by atoms with Gasteiger partial charge in [0.2, 0.25) is 0 Å². The summed E-state index contributed by atoms with van der Waals surface area (Å²) in [6.07, 6.45) is 0.337. The summed E-state index contributed by atoms with van der Waals surface area (Å²) in [5, 5.41) is 9.03. The van der Waals surface area contributed by atoms with Crippen molar-refractivity contribution in [2.75, 3.05) is 13.1 Å². The lowest BCUT2D eigenvalue weighted by molar-refractivity contribution is -0.106. The van der Waals surface area contributed by atoms with Gasteiger partial charge in [-0.05, 0) is 39.7 Å². The molecule has 0 radical (unpaired) electrons. The minimum absolute atomic E-state index is 0.0233. The highest BCUT2D eigenvalue weighted by Crippen LogP contribution is 2.50. The highest BCUT2D eigenvalue weighted by molar-refractivity contribution is 6.32. The van der Waals surface area contributed by atoms with Crippen molar-refractivity contribution in [3.63, 3.8) is 0 Å². The summed E-state index contributed by atoms with van der Waals surface area (Å²) in [4.78, 5) is 24.2. The molecule has 3 rings (SSSR count). The summed E-state index contributed by atoms with van der Waals surface area (Å²) in [7, 11) is 0. The van der Waals surface area contributed by atoms with E-state index >= 15 is 0 Å². The van der Waals surface area contributed by atoms with Gasteiger partial charge in [0.15, 0.2) is 0 Å². The van der Waals surface area contributed by atoms with Crippen molar-refractivity contribution in [1.29, 1.82) is 0 Å². The fraction of sp³-hybridized carbons (Fsp3) is 0.556. The highest BCUT2D eigenvalue weighted by Gasteiger charge is 2.55. The van der Waals surface area contributed by atoms with Crippen LogP contribution in [0.5, 0.6) is 5.75 Å². The Morgan fingerprint density at radius 3 is 2.46 bits per heavy atom. The molecule has 1 saturated carbocycles. The molecule has 1 spiro atoms. The molecule has 1 aliphatic carbocycles. The summed E-state index contributed by atoms with van der Waals surface area (Å²) in [6.45, 7) is 6.09. The standard InChI is InChI=1S/C18H21ClFNO5/c1-17(2,3)26-15(22)11-4-12(19)14(5-13(11)20)25-10-6-18(7-10)8-21(9-18)16(23)24/h4-5,10H,6-9H2,1-3H3,(H,23,24). The van der Waals surface area contributed by atoms with E-state index in [1.807, 2.05) is 0 Å². The average molecular weight is 386 g/mol. The number of nitrogens with zero attached hydrogens (tertiary/aromatic N) is 1. The normalized spacial score (nSPS) is 18.9. The summed E-state index contributed by atoms with van der Waals surface area (Å²) >= 11 is 6.14. The number of carboxylic acid groups (broad SMARTS) is 1. The zero-order valence-electron chi connectivity index (χ0n) is 14.8. The fourth-order valence-electron chi connectivity index (χ4n) is 3.43. The number of likely N-dealkylation sites (tertiary alicyclic amines) is 1. The number of amides is 1. The van der Waals surface area contributed by atoms with Gasteiger partial charge in [0.1, 0.15) is 23.3 Å². The van der Waals surface area contributed by atoms with Crippen LogP contribution >= 0.6 is 11.6 Å². The predicted octanol–water partition coefficient (Wildman–Crippen LogP) is 3.96. The van der Waals surface area contributed by atoms with Crippen LogP contribution in [-0.4, -0.2) is 46.9 Å². The second kappa shape index (κ2) is 6.30. The monoisotopic (exact) mass is 385 g/mol. The smallest absolute Gasteiger partial charge is 0.407 e. The van der Waals surface area contributed by atoms with Crippen LogP contribution in [0, 0.1) is 11.2 Å². The lowest BCUT2D eigenvalue weighted by Crippen LogP contribution is -2.65. The van der Waals surface area contributed by atoms with Gasteiger partial charge in [-0.15, -0.1) is 0 Å². The largest absolute Gasteiger partial charge is 0.489 e. The van der Waals surface area contributed by atoms with E-state index in [1.54, 1.807) is 20.8 Å². The molecule has 0 aromatic heterocycles. The maximum atomic E-state index is 14.3. The summed E-state index contributed by atoms with van der Waals surface area (Å²) in [6, 6.07) is 2.31. The van der Waals surface area contributed by atoms with Crippen molar-refractivity contribution < 1.29 is 28.6 Å². The number of carbonyl (C=O) groups excluding carboxylic acids is 1. The molecular formula is C18H21ClFNO5. The fourth-order valence-corrected chi connectivity index (χ4v) is 3.64. The SMILES string of the molecule is CC(C)(C)OC(=O)c1cc(Cl)c(OC2CC3(C2)CN(C(=O)O)C3)cc1F. The molecule has 2 fully saturated rings. The van der Waals surface area contributed by atoms with E-state index in [1.165, 1.54) is 11.0 Å². The summed E-state index contributed by atoms with van der Waals surface area (Å²) in [5.74, 6) is -1.37. The zero-order chi connectivity index (χ0) is 19.3. The molecule has 26 heavy (non-hydrogen) atoms. The van der Waals surface area contributed by atoms with Crippen LogP contribution in [-0.2, 0) is 4.74 Å². The summed E-state index contributed by atoms with van der Waals surface area (Å²) < 4.78 is 25.2. The second-order valence-electron chi connectivity index (χ2n) is 8.05. The van der Waals surface area contributed by atoms with Crippen LogP contribution in [0.2, 0.25) is 5.02 Å². The van der Waals surface area contributed by atoms with Crippen molar-refractivity contribution in [2.45, 2.75) is 45.3 Å². The second-order valence-corrected chi connectivity index (χ2v) is 8.46. The van der Waals surface area contributed by atoms with Gasteiger partial charge < -0.3 is 19.5 Å². The molecule has 0 unspecified atom stereocenters. The van der Waals surface area contributed by atoms with Gasteiger partial charge in [-0.2, -0.15) is 0 Å². The first-order valence-corrected chi connectivity index (χ1v) is 8.73. The molecule has 1 heterocycles. The third-order valence-corrected chi connectivity index (χ3v) is 4.87. The molecule has 1 aromatic rings. The quantitative estimate of drug-likeness (QED) is 0.797. The molecular weight excluding hydrogens is 365 g/mol. The Balaban J connectivity index is 1.61. The van der Waals surface area contributed by atoms with Crippen molar-refractivity contribution in [2.24, 2.45) is 5.41 Å². The Morgan fingerprint density at radius 1 is 1.31 bits per heavy atom. The predicted molar refractivity (Wildman–Crippen MR) is 92.3 cm³/mol. The summed E-state index contributed by atoms with van der Waals surface area (Å²) in [5.41, 5.74) is -0.999. The number of rotatable bonds is 3. The van der Waals surface area contributed by atoms with Crippen molar-refractivity contribution in [3.8, 4) is 5.75 Å². The molecule has 6 nitrogen and oxygen atoms in total. The lowest BCUT2D eigenvalue weighted by atomic mass is 9.62. The first-order valence-electron chi connectivity index (χ1n) is 8.35. The number of hydrogen-bond acceptors (Lipinski definition) is 4. The molecule has 1 N–H and O–H groups in total. The average Bonchev–Trinajstić information content (AvgIpc) is 2.40. The number of esters is 1. The maximum Gasteiger partial charge on any atom is 0.407 e. The third-order valence-electron chi connectivity index (χ3n) is 4.58. The van der Waals surface area contributed by atoms with Crippen molar-refractivity contribution in [3.05, 3.63) is 28.5 Å². The highest BCUT2D eigenvalue weighted by atomic mass is 35.5. The Kier molecular flexibility index (Phi) is 4.55.